The second-order valence-corrected chi connectivity index (χ2v) is 1.73. The molecule has 1 aromatic rings. The van der Waals surface area contributed by atoms with Crippen LogP contribution in [-0.2, 0) is 0 Å². The van der Waals surface area contributed by atoms with Gasteiger partial charge in [0, 0.05) is 7.11 Å². The van der Waals surface area contributed by atoms with Crippen molar-refractivity contribution in [3.63, 3.8) is 0 Å². The normalized spacial score (nSPS) is 8.33. The van der Waals surface area contributed by atoms with Gasteiger partial charge in [-0.25, -0.2) is 0 Å². The minimum Gasteiger partial charge on any atom is -0.399 e. The Morgan fingerprint density at radius 1 is 1.33 bits per heavy atom. The first-order valence-corrected chi connectivity index (χ1v) is 2.58. The molecule has 9 heavy (non-hydrogen) atoms. The van der Waals surface area contributed by atoms with E-state index >= 15 is 0 Å². The van der Waals surface area contributed by atoms with E-state index in [-0.39, 0.29) is 1.43 Å². The molecule has 1 aromatic carbocycles. The third kappa shape index (κ3) is 1.20. The Bertz CT molecular complexity index is 235. The van der Waals surface area contributed by atoms with Crippen LogP contribution in [0.25, 0.3) is 0 Å². The number of nitriles is 1. The Kier molecular flexibility index (Phi) is 1.37. The van der Waals surface area contributed by atoms with Gasteiger partial charge in [0.05, 0.1) is 11.6 Å². The number of benzene rings is 1. The summed E-state index contributed by atoms with van der Waals surface area (Å²) in [5, 5.41) is 8.34. The van der Waals surface area contributed by atoms with Gasteiger partial charge in [0.15, 0.2) is 0 Å². The zero-order valence-corrected chi connectivity index (χ0v) is 4.83. The highest BCUT2D eigenvalue weighted by Gasteiger charge is 1.85. The van der Waals surface area contributed by atoms with Crippen molar-refractivity contribution in [2.24, 2.45) is 0 Å². The molecule has 0 spiro atoms. The zero-order chi connectivity index (χ0) is 6.69. The van der Waals surface area contributed by atoms with E-state index in [1.165, 1.54) is 0 Å². The number of hydrogen-bond donors (Lipinski definition) is 1. The lowest BCUT2D eigenvalue weighted by Crippen LogP contribution is -1.82. The molecule has 1 rings (SSSR count). The van der Waals surface area contributed by atoms with Crippen LogP contribution in [0.1, 0.15) is 6.99 Å². The highest BCUT2D eigenvalue weighted by molar-refractivity contribution is 5.42. The summed E-state index contributed by atoms with van der Waals surface area (Å²) in [5.41, 5.74) is 6.70. The Labute approximate surface area is 55.0 Å². The van der Waals surface area contributed by atoms with Crippen LogP contribution < -0.4 is 5.73 Å². The van der Waals surface area contributed by atoms with Crippen LogP contribution in [0.2, 0.25) is 0 Å². The number of hydrogen-bond acceptors (Lipinski definition) is 2. The van der Waals surface area contributed by atoms with E-state index in [4.69, 9.17) is 11.0 Å². The van der Waals surface area contributed by atoms with Gasteiger partial charge < -0.3 is 5.73 Å². The summed E-state index contributed by atoms with van der Waals surface area (Å²) >= 11 is 0. The second kappa shape index (κ2) is 2.19. The van der Waals surface area contributed by atoms with E-state index < -0.39 is 0 Å². The van der Waals surface area contributed by atoms with Gasteiger partial charge in [-0.1, -0.05) is 0 Å². The van der Waals surface area contributed by atoms with Gasteiger partial charge in [-0.3, -0.25) is 0 Å². The maximum absolute atomic E-state index is 8.34. The standard InChI is InChI=1S/C7H6N2.H2/c8-5-6-1-3-7(9)4-2-6;/h1-4H,9H2;1H. The predicted octanol–water partition coefficient (Wildman–Crippen LogP) is 1.39. The molecule has 0 aliphatic heterocycles. The third-order valence-electron chi connectivity index (χ3n) is 1.04. The summed E-state index contributed by atoms with van der Waals surface area (Å²) in [7, 11) is 0. The molecule has 2 nitrogen and oxygen atoms in total. The molecule has 0 heterocycles. The first-order chi connectivity index (χ1) is 4.33. The van der Waals surface area contributed by atoms with Gasteiger partial charge in [0.1, 0.15) is 0 Å². The SMILES string of the molecule is N#Cc1ccc(N)cc1.[HH]. The Morgan fingerprint density at radius 2 is 1.89 bits per heavy atom. The predicted molar refractivity (Wildman–Crippen MR) is 37.7 cm³/mol. The van der Waals surface area contributed by atoms with E-state index in [2.05, 4.69) is 0 Å². The molecule has 0 amide bonds. The first kappa shape index (κ1) is 5.64. The molecule has 0 aliphatic rings. The van der Waals surface area contributed by atoms with Crippen LogP contribution >= 0.6 is 0 Å². The van der Waals surface area contributed by atoms with E-state index in [9.17, 15) is 0 Å². The van der Waals surface area contributed by atoms with Crippen molar-refractivity contribution in [2.45, 2.75) is 0 Å². The Balaban J connectivity index is 0.000000810. The number of nitrogen functional groups attached to an aromatic ring is 1. The van der Waals surface area contributed by atoms with Crippen molar-refractivity contribution in [1.29, 1.82) is 5.26 Å². The van der Waals surface area contributed by atoms with Gasteiger partial charge in [-0.2, -0.15) is 5.26 Å². The van der Waals surface area contributed by atoms with Gasteiger partial charge in [-0.05, 0) is 24.3 Å². The number of rotatable bonds is 0. The fourth-order valence-electron chi connectivity index (χ4n) is 0.558. The molecule has 0 aliphatic carbocycles. The summed E-state index contributed by atoms with van der Waals surface area (Å²) in [4.78, 5) is 0. The van der Waals surface area contributed by atoms with Crippen LogP contribution in [-0.4, -0.2) is 0 Å². The first-order valence-electron chi connectivity index (χ1n) is 2.58. The Morgan fingerprint density at radius 3 is 2.33 bits per heavy atom. The lowest BCUT2D eigenvalue weighted by molar-refractivity contribution is 1.49. The van der Waals surface area contributed by atoms with Crippen LogP contribution in [0.3, 0.4) is 0 Å². The topological polar surface area (TPSA) is 49.8 Å². The summed E-state index contributed by atoms with van der Waals surface area (Å²) in [5.74, 6) is 0. The number of anilines is 1. The highest BCUT2D eigenvalue weighted by Crippen LogP contribution is 2.02. The van der Waals surface area contributed by atoms with E-state index in [1.54, 1.807) is 24.3 Å². The largest absolute Gasteiger partial charge is 0.399 e. The molecule has 2 N–H and O–H groups in total. The van der Waals surface area contributed by atoms with E-state index in [0.717, 1.165) is 0 Å². The molecule has 0 saturated carbocycles. The third-order valence-corrected chi connectivity index (χ3v) is 1.04. The average Bonchev–Trinajstić information content (AvgIpc) is 1.90. The van der Waals surface area contributed by atoms with Crippen molar-refractivity contribution >= 4 is 5.69 Å². The smallest absolute Gasteiger partial charge is 0.0991 e. The molecule has 2 heteroatoms. The number of nitrogens with zero attached hydrogens (tertiary/aromatic N) is 1. The molecular weight excluding hydrogens is 112 g/mol. The molecule has 0 aromatic heterocycles. The van der Waals surface area contributed by atoms with Crippen LogP contribution in [0.4, 0.5) is 5.69 Å². The quantitative estimate of drug-likeness (QED) is 0.526. The average molecular weight is 120 g/mol. The molecule has 0 atom stereocenters. The van der Waals surface area contributed by atoms with Crippen molar-refractivity contribution in [3.8, 4) is 6.07 Å². The molecule has 0 unspecified atom stereocenters. The summed E-state index contributed by atoms with van der Waals surface area (Å²) in [6.07, 6.45) is 0. The lowest BCUT2D eigenvalue weighted by atomic mass is 10.2. The summed E-state index contributed by atoms with van der Waals surface area (Å²) in [6, 6.07) is 8.79. The number of nitrogens with two attached hydrogens (primary N) is 1. The molecule has 0 saturated heterocycles. The van der Waals surface area contributed by atoms with Crippen molar-refractivity contribution in [3.05, 3.63) is 29.8 Å². The minimum absolute atomic E-state index is 0. The van der Waals surface area contributed by atoms with E-state index in [1.807, 2.05) is 6.07 Å². The van der Waals surface area contributed by atoms with Crippen LogP contribution in [0.5, 0.6) is 0 Å². The minimum atomic E-state index is 0. The van der Waals surface area contributed by atoms with Crippen molar-refractivity contribution < 1.29 is 1.43 Å². The molecular formula is C7H8N2. The molecule has 0 radical (unpaired) electrons. The summed E-state index contributed by atoms with van der Waals surface area (Å²) in [6.45, 7) is 0. The van der Waals surface area contributed by atoms with Gasteiger partial charge >= 0.3 is 0 Å². The van der Waals surface area contributed by atoms with Gasteiger partial charge in [0.2, 0.25) is 0 Å². The molecule has 0 fully saturated rings. The lowest BCUT2D eigenvalue weighted by Gasteiger charge is -1.88. The fraction of sp³-hybridized carbons (Fsp3) is 0. The second-order valence-electron chi connectivity index (χ2n) is 1.73. The maximum Gasteiger partial charge on any atom is 0.0991 e. The van der Waals surface area contributed by atoms with Gasteiger partial charge in [-0.15, -0.1) is 0 Å². The molecule has 46 valence electrons. The Hall–Kier alpha value is -1.49. The summed E-state index contributed by atoms with van der Waals surface area (Å²) < 4.78 is 0. The van der Waals surface area contributed by atoms with Crippen LogP contribution in [0.15, 0.2) is 24.3 Å². The monoisotopic (exact) mass is 120 g/mol. The van der Waals surface area contributed by atoms with E-state index in [0.29, 0.717) is 11.3 Å². The van der Waals surface area contributed by atoms with Crippen LogP contribution in [0, 0.1) is 11.3 Å². The zero-order valence-electron chi connectivity index (χ0n) is 4.83. The van der Waals surface area contributed by atoms with Crippen molar-refractivity contribution in [1.82, 2.24) is 0 Å². The fourth-order valence-corrected chi connectivity index (χ4v) is 0.558. The molecule has 0 bridgehead atoms. The maximum atomic E-state index is 8.34. The van der Waals surface area contributed by atoms with Gasteiger partial charge in [0.25, 0.3) is 0 Å². The van der Waals surface area contributed by atoms with Crippen molar-refractivity contribution in [2.75, 3.05) is 5.73 Å². The highest BCUT2D eigenvalue weighted by atomic mass is 14.5.